The third-order valence-electron chi connectivity index (χ3n) is 2.63. The predicted octanol–water partition coefficient (Wildman–Crippen LogP) is 3.45. The Kier molecular flexibility index (Phi) is 6.82. The highest BCUT2D eigenvalue weighted by molar-refractivity contribution is 5.68. The molecule has 0 amide bonds. The summed E-state index contributed by atoms with van der Waals surface area (Å²) in [6, 6.07) is 5.65. The maximum absolute atomic E-state index is 5.44. The minimum absolute atomic E-state index is 0.664. The van der Waals surface area contributed by atoms with Crippen molar-refractivity contribution < 1.29 is 14.2 Å². The lowest BCUT2D eigenvalue weighted by Gasteiger charge is -2.16. The van der Waals surface area contributed by atoms with Crippen molar-refractivity contribution in [3.63, 3.8) is 0 Å². The van der Waals surface area contributed by atoms with Crippen molar-refractivity contribution >= 4 is 5.69 Å². The molecule has 0 saturated heterocycles. The quantitative estimate of drug-likeness (QED) is 0.694. The Morgan fingerprint density at radius 3 is 2.32 bits per heavy atom. The van der Waals surface area contributed by atoms with Crippen molar-refractivity contribution in [3.8, 4) is 11.5 Å². The van der Waals surface area contributed by atoms with Crippen LogP contribution in [0.5, 0.6) is 11.5 Å². The summed E-state index contributed by atoms with van der Waals surface area (Å²) in [6.07, 6.45) is 1.78. The first kappa shape index (κ1) is 15.4. The molecule has 0 fully saturated rings. The molecule has 0 radical (unpaired) electrons. The molecule has 106 valence electrons. The molecule has 0 aliphatic carbocycles. The molecule has 1 aromatic carbocycles. The molecule has 1 aromatic rings. The van der Waals surface area contributed by atoms with Crippen molar-refractivity contribution in [2.75, 3.05) is 32.8 Å². The fourth-order valence-corrected chi connectivity index (χ4v) is 1.66. The Hall–Kier alpha value is -1.68. The van der Waals surface area contributed by atoms with Gasteiger partial charge >= 0.3 is 0 Å². The summed E-state index contributed by atoms with van der Waals surface area (Å²) < 4.78 is 16.1. The minimum atomic E-state index is 0.664. The van der Waals surface area contributed by atoms with Gasteiger partial charge in [0, 0.05) is 18.7 Å². The average Bonchev–Trinajstić information content (AvgIpc) is 2.43. The minimum Gasteiger partial charge on any atom is -0.494 e. The van der Waals surface area contributed by atoms with Crippen LogP contribution in [0.25, 0.3) is 0 Å². The van der Waals surface area contributed by atoms with Gasteiger partial charge in [-0.25, -0.2) is 0 Å². The van der Waals surface area contributed by atoms with Crippen LogP contribution in [0.3, 0.4) is 0 Å². The van der Waals surface area contributed by atoms with Crippen LogP contribution in [0.2, 0.25) is 0 Å². The zero-order valence-corrected chi connectivity index (χ0v) is 12.0. The first-order valence-corrected chi connectivity index (χ1v) is 6.46. The van der Waals surface area contributed by atoms with Crippen molar-refractivity contribution in [2.45, 2.75) is 19.8 Å². The third-order valence-corrected chi connectivity index (χ3v) is 2.63. The van der Waals surface area contributed by atoms with Crippen LogP contribution >= 0.6 is 0 Å². The summed E-state index contributed by atoms with van der Waals surface area (Å²) in [4.78, 5) is 0. The molecule has 0 saturated carbocycles. The molecule has 0 aromatic heterocycles. The SMILES string of the molecule is C=C(CCOCCC)Nc1c(OC)cccc1OC. The van der Waals surface area contributed by atoms with E-state index >= 15 is 0 Å². The number of para-hydroxylation sites is 1. The molecule has 0 bridgehead atoms. The zero-order chi connectivity index (χ0) is 14.1. The lowest BCUT2D eigenvalue weighted by atomic mass is 10.2. The van der Waals surface area contributed by atoms with Crippen molar-refractivity contribution in [1.29, 1.82) is 0 Å². The summed E-state index contributed by atoms with van der Waals surface area (Å²) in [7, 11) is 3.26. The Morgan fingerprint density at radius 2 is 1.79 bits per heavy atom. The van der Waals surface area contributed by atoms with Gasteiger partial charge < -0.3 is 19.5 Å². The van der Waals surface area contributed by atoms with Gasteiger partial charge in [0.05, 0.1) is 20.8 Å². The van der Waals surface area contributed by atoms with E-state index < -0.39 is 0 Å². The van der Waals surface area contributed by atoms with Crippen LogP contribution in [0, 0.1) is 0 Å². The normalized spacial score (nSPS) is 10.1. The number of hydrogen-bond donors (Lipinski definition) is 1. The van der Waals surface area contributed by atoms with E-state index in [2.05, 4.69) is 18.8 Å². The van der Waals surface area contributed by atoms with Gasteiger partial charge in [0.2, 0.25) is 0 Å². The predicted molar refractivity (Wildman–Crippen MR) is 78.0 cm³/mol. The standard InChI is InChI=1S/C15H23NO3/c1-5-10-19-11-9-12(2)16-15-13(17-3)7-6-8-14(15)18-4/h6-8,16H,2,5,9-11H2,1,3-4H3. The van der Waals surface area contributed by atoms with Crippen LogP contribution < -0.4 is 14.8 Å². The summed E-state index contributed by atoms with van der Waals surface area (Å²) in [6.45, 7) is 7.53. The summed E-state index contributed by atoms with van der Waals surface area (Å²) >= 11 is 0. The highest BCUT2D eigenvalue weighted by Gasteiger charge is 2.10. The third kappa shape index (κ3) is 4.83. The second-order valence-corrected chi connectivity index (χ2v) is 4.13. The van der Waals surface area contributed by atoms with Gasteiger partial charge in [-0.2, -0.15) is 0 Å². The monoisotopic (exact) mass is 265 g/mol. The topological polar surface area (TPSA) is 39.7 Å². The molecule has 0 aliphatic heterocycles. The van der Waals surface area contributed by atoms with E-state index in [1.54, 1.807) is 14.2 Å². The van der Waals surface area contributed by atoms with E-state index in [9.17, 15) is 0 Å². The van der Waals surface area contributed by atoms with E-state index in [1.807, 2.05) is 18.2 Å². The van der Waals surface area contributed by atoms with Crippen molar-refractivity contribution in [1.82, 2.24) is 0 Å². The van der Waals surface area contributed by atoms with Crippen LogP contribution in [0.15, 0.2) is 30.5 Å². The number of anilines is 1. The first-order chi connectivity index (χ1) is 9.22. The smallest absolute Gasteiger partial charge is 0.146 e. The average molecular weight is 265 g/mol. The number of ether oxygens (including phenoxy) is 3. The van der Waals surface area contributed by atoms with Crippen molar-refractivity contribution in [2.24, 2.45) is 0 Å². The van der Waals surface area contributed by atoms with Gasteiger partial charge in [-0.05, 0) is 18.6 Å². The van der Waals surface area contributed by atoms with Crippen molar-refractivity contribution in [3.05, 3.63) is 30.5 Å². The number of nitrogens with one attached hydrogen (secondary N) is 1. The number of methoxy groups -OCH3 is 2. The molecular weight excluding hydrogens is 242 g/mol. The van der Waals surface area contributed by atoms with Crippen LogP contribution in [-0.4, -0.2) is 27.4 Å². The first-order valence-electron chi connectivity index (χ1n) is 6.46. The number of benzene rings is 1. The van der Waals surface area contributed by atoms with Gasteiger partial charge in [0.15, 0.2) is 0 Å². The van der Waals surface area contributed by atoms with Gasteiger partial charge in [0.1, 0.15) is 17.2 Å². The fraction of sp³-hybridized carbons (Fsp3) is 0.467. The van der Waals surface area contributed by atoms with E-state index in [0.717, 1.165) is 42.3 Å². The van der Waals surface area contributed by atoms with Gasteiger partial charge in [-0.1, -0.05) is 19.6 Å². The number of hydrogen-bond acceptors (Lipinski definition) is 4. The Labute approximate surface area is 115 Å². The van der Waals surface area contributed by atoms with E-state index in [4.69, 9.17) is 14.2 Å². The van der Waals surface area contributed by atoms with E-state index in [-0.39, 0.29) is 0 Å². The molecule has 4 nitrogen and oxygen atoms in total. The highest BCUT2D eigenvalue weighted by Crippen LogP contribution is 2.35. The zero-order valence-electron chi connectivity index (χ0n) is 12.0. The molecule has 0 spiro atoms. The lowest BCUT2D eigenvalue weighted by Crippen LogP contribution is -2.05. The van der Waals surface area contributed by atoms with Gasteiger partial charge in [-0.3, -0.25) is 0 Å². The second-order valence-electron chi connectivity index (χ2n) is 4.13. The van der Waals surface area contributed by atoms with Gasteiger partial charge in [0.25, 0.3) is 0 Å². The number of rotatable bonds is 9. The maximum atomic E-state index is 5.44. The molecule has 19 heavy (non-hydrogen) atoms. The highest BCUT2D eigenvalue weighted by atomic mass is 16.5. The molecule has 0 heterocycles. The molecule has 1 N–H and O–H groups in total. The lowest BCUT2D eigenvalue weighted by molar-refractivity contribution is 0.138. The van der Waals surface area contributed by atoms with Crippen LogP contribution in [-0.2, 0) is 4.74 Å². The van der Waals surface area contributed by atoms with E-state index in [1.165, 1.54) is 0 Å². The summed E-state index contributed by atoms with van der Waals surface area (Å²) in [5.74, 6) is 1.46. The molecule has 0 aliphatic rings. The molecule has 4 heteroatoms. The molecule has 0 unspecified atom stereocenters. The molecule has 0 atom stereocenters. The largest absolute Gasteiger partial charge is 0.494 e. The second kappa shape index (κ2) is 8.43. The van der Waals surface area contributed by atoms with Crippen LogP contribution in [0.1, 0.15) is 19.8 Å². The van der Waals surface area contributed by atoms with Gasteiger partial charge in [-0.15, -0.1) is 0 Å². The molecular formula is C15H23NO3. The fourth-order valence-electron chi connectivity index (χ4n) is 1.66. The van der Waals surface area contributed by atoms with Crippen LogP contribution in [0.4, 0.5) is 5.69 Å². The Bertz CT molecular complexity index is 382. The summed E-state index contributed by atoms with van der Waals surface area (Å²) in [5.41, 5.74) is 1.67. The summed E-state index contributed by atoms with van der Waals surface area (Å²) in [5, 5.41) is 3.23. The van der Waals surface area contributed by atoms with E-state index in [0.29, 0.717) is 6.61 Å². The maximum Gasteiger partial charge on any atom is 0.146 e. The molecule has 1 rings (SSSR count). The Morgan fingerprint density at radius 1 is 1.16 bits per heavy atom. The Balaban J connectivity index is 2.62.